The summed E-state index contributed by atoms with van der Waals surface area (Å²) in [6.07, 6.45) is 0.882. The van der Waals surface area contributed by atoms with E-state index in [9.17, 15) is 10.2 Å². The maximum atomic E-state index is 10.1. The number of rotatable bonds is 2. The summed E-state index contributed by atoms with van der Waals surface area (Å²) in [4.78, 5) is 2.42. The van der Waals surface area contributed by atoms with Crippen LogP contribution in [0, 0.1) is 0 Å². The monoisotopic (exact) mass is 341 g/mol. The molecule has 0 fully saturated rings. The molecule has 2 atom stereocenters. The lowest BCUT2D eigenvalue weighted by molar-refractivity contribution is 0.136. The Bertz CT molecular complexity index is 833. The molecule has 2 N–H and O–H groups in total. The van der Waals surface area contributed by atoms with Crippen LogP contribution in [-0.2, 0) is 13.0 Å². The summed E-state index contributed by atoms with van der Waals surface area (Å²) < 4.78 is 10.8. The van der Waals surface area contributed by atoms with Crippen LogP contribution < -0.4 is 9.47 Å². The fourth-order valence-electron chi connectivity index (χ4n) is 4.47. The molecule has 2 heterocycles. The second-order valence-corrected chi connectivity index (χ2v) is 6.86. The zero-order valence-electron chi connectivity index (χ0n) is 14.7. The predicted molar refractivity (Wildman–Crippen MR) is 94.6 cm³/mol. The summed E-state index contributed by atoms with van der Waals surface area (Å²) in [7, 11) is 3.18. The third kappa shape index (κ3) is 2.34. The number of aromatic hydroxyl groups is 2. The molecule has 2 aliphatic heterocycles. The van der Waals surface area contributed by atoms with Gasteiger partial charge in [0.05, 0.1) is 14.2 Å². The summed E-state index contributed by atoms with van der Waals surface area (Å²) in [6, 6.07) is 7.75. The molecule has 2 aliphatic rings. The molecule has 5 heteroatoms. The molecule has 5 nitrogen and oxygen atoms in total. The number of hydrogen-bond acceptors (Lipinski definition) is 5. The first-order valence-electron chi connectivity index (χ1n) is 8.57. The number of phenolic OH excluding ortho intramolecular Hbond substituents is 2. The van der Waals surface area contributed by atoms with Crippen LogP contribution in [0.1, 0.15) is 41.1 Å². The van der Waals surface area contributed by atoms with Crippen molar-refractivity contribution < 1.29 is 19.7 Å². The van der Waals surface area contributed by atoms with E-state index >= 15 is 0 Å². The molecule has 0 aliphatic carbocycles. The highest BCUT2D eigenvalue weighted by atomic mass is 16.5. The van der Waals surface area contributed by atoms with Crippen molar-refractivity contribution >= 4 is 0 Å². The molecule has 0 spiro atoms. The van der Waals surface area contributed by atoms with Gasteiger partial charge in [-0.05, 0) is 41.3 Å². The van der Waals surface area contributed by atoms with Crippen molar-refractivity contribution in [2.24, 2.45) is 0 Å². The molecule has 0 saturated heterocycles. The minimum Gasteiger partial charge on any atom is -0.504 e. The van der Waals surface area contributed by atoms with Gasteiger partial charge in [-0.2, -0.15) is 0 Å². The van der Waals surface area contributed by atoms with Gasteiger partial charge in [-0.25, -0.2) is 0 Å². The number of benzene rings is 2. The number of hydrogen-bond donors (Lipinski definition) is 2. The quantitative estimate of drug-likeness (QED) is 0.877. The Labute approximate surface area is 147 Å². The van der Waals surface area contributed by atoms with Crippen LogP contribution in [0.4, 0.5) is 0 Å². The van der Waals surface area contributed by atoms with E-state index in [1.54, 1.807) is 20.3 Å². The van der Waals surface area contributed by atoms with Crippen molar-refractivity contribution in [2.45, 2.75) is 31.8 Å². The van der Waals surface area contributed by atoms with E-state index in [1.165, 1.54) is 16.7 Å². The third-order valence-electron chi connectivity index (χ3n) is 5.63. The molecule has 2 aromatic rings. The fourth-order valence-corrected chi connectivity index (χ4v) is 4.47. The molecule has 0 unspecified atom stereocenters. The van der Waals surface area contributed by atoms with E-state index in [1.807, 2.05) is 18.2 Å². The van der Waals surface area contributed by atoms with Gasteiger partial charge in [-0.3, -0.25) is 4.90 Å². The largest absolute Gasteiger partial charge is 0.504 e. The average Bonchev–Trinajstić information content (AvgIpc) is 2.60. The molecule has 0 radical (unpaired) electrons. The van der Waals surface area contributed by atoms with E-state index in [4.69, 9.17) is 9.47 Å². The highest BCUT2D eigenvalue weighted by molar-refractivity contribution is 5.55. The van der Waals surface area contributed by atoms with Gasteiger partial charge in [0.2, 0.25) is 0 Å². The summed E-state index contributed by atoms with van der Waals surface area (Å²) >= 11 is 0. The van der Waals surface area contributed by atoms with E-state index < -0.39 is 0 Å². The lowest BCUT2D eigenvalue weighted by Crippen LogP contribution is -2.41. The standard InChI is InChI=1S/C20H23NO4/c1-11-13-4-5-16(22)20(25-3)15(13)10-21-7-6-12-8-17(23)18(24-2)9-14(12)19(11)21/h4-5,8-9,11,19,22-23H,6-7,10H2,1-3H3/t11-,19+/m0/s1. The van der Waals surface area contributed by atoms with Crippen LogP contribution in [0.3, 0.4) is 0 Å². The summed E-state index contributed by atoms with van der Waals surface area (Å²) in [5.74, 6) is 1.73. The van der Waals surface area contributed by atoms with Crippen LogP contribution in [0.2, 0.25) is 0 Å². The molecule has 4 rings (SSSR count). The second-order valence-electron chi connectivity index (χ2n) is 6.86. The number of nitrogens with zero attached hydrogens (tertiary/aromatic N) is 1. The van der Waals surface area contributed by atoms with Crippen LogP contribution in [0.15, 0.2) is 24.3 Å². The summed E-state index contributed by atoms with van der Waals surface area (Å²) in [5, 5.41) is 20.2. The molecule has 0 amide bonds. The van der Waals surface area contributed by atoms with Crippen molar-refractivity contribution in [3.8, 4) is 23.0 Å². The van der Waals surface area contributed by atoms with Crippen LogP contribution >= 0.6 is 0 Å². The van der Waals surface area contributed by atoms with Crippen LogP contribution in [-0.4, -0.2) is 35.9 Å². The maximum absolute atomic E-state index is 10.1. The predicted octanol–water partition coefficient (Wildman–Crippen LogP) is 3.33. The molecule has 0 bridgehead atoms. The zero-order chi connectivity index (χ0) is 17.7. The lowest BCUT2D eigenvalue weighted by Gasteiger charge is -2.45. The van der Waals surface area contributed by atoms with Gasteiger partial charge >= 0.3 is 0 Å². The average molecular weight is 341 g/mol. The Morgan fingerprint density at radius 1 is 1.04 bits per heavy atom. The minimum atomic E-state index is 0.191. The van der Waals surface area contributed by atoms with Gasteiger partial charge in [0.1, 0.15) is 0 Å². The highest BCUT2D eigenvalue weighted by Gasteiger charge is 2.39. The molecule has 2 aromatic carbocycles. The molecule has 25 heavy (non-hydrogen) atoms. The van der Waals surface area contributed by atoms with Crippen molar-refractivity contribution in [1.82, 2.24) is 4.90 Å². The highest BCUT2D eigenvalue weighted by Crippen LogP contribution is 2.50. The van der Waals surface area contributed by atoms with E-state index in [0.717, 1.165) is 25.1 Å². The van der Waals surface area contributed by atoms with Gasteiger partial charge < -0.3 is 19.7 Å². The first-order valence-corrected chi connectivity index (χ1v) is 8.57. The summed E-state index contributed by atoms with van der Waals surface area (Å²) in [5.41, 5.74) is 4.67. The topological polar surface area (TPSA) is 62.2 Å². The van der Waals surface area contributed by atoms with Crippen molar-refractivity contribution in [3.05, 3.63) is 46.5 Å². The number of fused-ring (bicyclic) bond motifs is 4. The Kier molecular flexibility index (Phi) is 3.76. The number of phenols is 2. The zero-order valence-corrected chi connectivity index (χ0v) is 14.7. The van der Waals surface area contributed by atoms with Crippen molar-refractivity contribution in [2.75, 3.05) is 20.8 Å². The van der Waals surface area contributed by atoms with Gasteiger partial charge in [-0.1, -0.05) is 13.0 Å². The van der Waals surface area contributed by atoms with Gasteiger partial charge in [0.15, 0.2) is 23.0 Å². The van der Waals surface area contributed by atoms with E-state index in [0.29, 0.717) is 11.5 Å². The first-order chi connectivity index (χ1) is 12.0. The van der Waals surface area contributed by atoms with Crippen LogP contribution in [0.25, 0.3) is 0 Å². The normalized spacial score (nSPS) is 21.9. The van der Waals surface area contributed by atoms with E-state index in [-0.39, 0.29) is 23.5 Å². The maximum Gasteiger partial charge on any atom is 0.165 e. The van der Waals surface area contributed by atoms with Crippen molar-refractivity contribution in [1.29, 1.82) is 0 Å². The summed E-state index contributed by atoms with van der Waals surface area (Å²) in [6.45, 7) is 3.86. The molecular weight excluding hydrogens is 318 g/mol. The fraction of sp³-hybridized carbons (Fsp3) is 0.400. The van der Waals surface area contributed by atoms with Crippen molar-refractivity contribution in [3.63, 3.8) is 0 Å². The molecule has 0 saturated carbocycles. The Morgan fingerprint density at radius 2 is 1.84 bits per heavy atom. The van der Waals surface area contributed by atoms with E-state index in [2.05, 4.69) is 11.8 Å². The minimum absolute atomic E-state index is 0.191. The first kappa shape index (κ1) is 16.1. The Hall–Kier alpha value is -2.40. The third-order valence-corrected chi connectivity index (χ3v) is 5.63. The second kappa shape index (κ2) is 5.85. The van der Waals surface area contributed by atoms with Gasteiger partial charge in [0.25, 0.3) is 0 Å². The number of ether oxygens (including phenoxy) is 2. The SMILES string of the molecule is COc1cc2c(cc1O)CCN1Cc3c(ccc(O)c3OC)[C@H](C)[C@H]21. The Morgan fingerprint density at radius 3 is 2.56 bits per heavy atom. The smallest absolute Gasteiger partial charge is 0.165 e. The molecule has 132 valence electrons. The van der Waals surface area contributed by atoms with Gasteiger partial charge in [-0.15, -0.1) is 0 Å². The molecular formula is C20H23NO4. The van der Waals surface area contributed by atoms with Gasteiger partial charge in [0, 0.05) is 30.6 Å². The van der Waals surface area contributed by atoms with Crippen LogP contribution in [0.5, 0.6) is 23.0 Å². The molecule has 0 aromatic heterocycles. The Balaban J connectivity index is 1.84. The number of methoxy groups -OCH3 is 2. The lowest BCUT2D eigenvalue weighted by atomic mass is 9.77.